The Hall–Kier alpha value is -4.02. The number of phosphoric acid groups is 2. The highest BCUT2D eigenvalue weighted by Gasteiger charge is 2.30. The van der Waals surface area contributed by atoms with E-state index >= 15 is 0 Å². The van der Waals surface area contributed by atoms with Crippen LogP contribution in [0, 0.1) is 0 Å². The lowest BCUT2D eigenvalue weighted by Gasteiger charge is -2.21. The summed E-state index contributed by atoms with van der Waals surface area (Å²) in [5.41, 5.74) is 0. The van der Waals surface area contributed by atoms with E-state index in [9.17, 15) is 43.2 Å². The van der Waals surface area contributed by atoms with Crippen molar-refractivity contribution >= 4 is 39.5 Å². The summed E-state index contributed by atoms with van der Waals surface area (Å²) in [4.78, 5) is 73.0. The van der Waals surface area contributed by atoms with Crippen molar-refractivity contribution in [3.63, 3.8) is 0 Å². The average molecular weight is 1480 g/mol. The number of unbranched alkanes of at least 4 members (excludes halogenated alkanes) is 34. The van der Waals surface area contributed by atoms with Crippen molar-refractivity contribution in [2.75, 3.05) is 39.6 Å². The predicted octanol–water partition coefficient (Wildman–Crippen LogP) is 23.6. The van der Waals surface area contributed by atoms with Crippen LogP contribution < -0.4 is 0 Å². The highest BCUT2D eigenvalue weighted by atomic mass is 31.2. The summed E-state index contributed by atoms with van der Waals surface area (Å²) < 4.78 is 68.6. The van der Waals surface area contributed by atoms with Gasteiger partial charge in [0.05, 0.1) is 26.4 Å². The van der Waals surface area contributed by atoms with Crippen LogP contribution in [0.5, 0.6) is 0 Å². The molecule has 5 atom stereocenters. The van der Waals surface area contributed by atoms with Crippen LogP contribution in [-0.4, -0.2) is 96.7 Å². The lowest BCUT2D eigenvalue weighted by atomic mass is 10.1. The Bertz CT molecular complexity index is 2310. The van der Waals surface area contributed by atoms with E-state index in [2.05, 4.69) is 125 Å². The van der Waals surface area contributed by atoms with E-state index in [-0.39, 0.29) is 25.7 Å². The molecular formula is C83H146O17P2. The van der Waals surface area contributed by atoms with Gasteiger partial charge in [-0.25, -0.2) is 9.13 Å². The third-order valence-electron chi connectivity index (χ3n) is 17.0. The summed E-state index contributed by atoms with van der Waals surface area (Å²) in [5.74, 6) is -2.21. The molecule has 0 spiro atoms. The number of phosphoric ester groups is 2. The van der Waals surface area contributed by atoms with Gasteiger partial charge in [0.25, 0.3) is 0 Å². The van der Waals surface area contributed by atoms with E-state index < -0.39 is 97.5 Å². The zero-order valence-corrected chi connectivity index (χ0v) is 66.3. The Morgan fingerprint density at radius 3 is 0.804 bits per heavy atom. The van der Waals surface area contributed by atoms with E-state index in [1.165, 1.54) is 77.0 Å². The Labute approximate surface area is 620 Å². The normalized spacial score (nSPS) is 14.4. The molecule has 0 aromatic heterocycles. The van der Waals surface area contributed by atoms with Gasteiger partial charge in [0.2, 0.25) is 0 Å². The second-order valence-corrected chi connectivity index (χ2v) is 29.9. The molecule has 0 aliphatic heterocycles. The molecule has 0 heterocycles. The molecule has 0 radical (unpaired) electrons. The number of hydrogen-bond donors (Lipinski definition) is 3. The smallest absolute Gasteiger partial charge is 0.462 e. The number of allylic oxidation sites excluding steroid dienone is 16. The first-order valence-corrected chi connectivity index (χ1v) is 43.5. The number of hydrogen-bond acceptors (Lipinski definition) is 15. The minimum atomic E-state index is -4.98. The molecule has 0 amide bonds. The molecule has 590 valence electrons. The van der Waals surface area contributed by atoms with Crippen molar-refractivity contribution < 1.29 is 80.2 Å². The first kappa shape index (κ1) is 98.0. The molecule has 0 bridgehead atoms. The Balaban J connectivity index is 5.36. The fourth-order valence-electron chi connectivity index (χ4n) is 10.8. The molecule has 0 aliphatic carbocycles. The van der Waals surface area contributed by atoms with E-state index in [1.807, 2.05) is 0 Å². The molecule has 102 heavy (non-hydrogen) atoms. The number of carbonyl (C=O) groups excluding carboxylic acids is 4. The lowest BCUT2D eigenvalue weighted by molar-refractivity contribution is -0.161. The fraction of sp³-hybridized carbons (Fsp3) is 0.759. The molecule has 0 aromatic rings. The summed E-state index contributed by atoms with van der Waals surface area (Å²) in [5, 5.41) is 10.6. The quantitative estimate of drug-likeness (QED) is 0.0169. The van der Waals surface area contributed by atoms with Gasteiger partial charge in [-0.2, -0.15) is 0 Å². The van der Waals surface area contributed by atoms with E-state index in [4.69, 9.17) is 37.0 Å². The van der Waals surface area contributed by atoms with Crippen LogP contribution in [0.2, 0.25) is 0 Å². The van der Waals surface area contributed by atoms with Crippen molar-refractivity contribution in [2.45, 2.75) is 367 Å². The minimum Gasteiger partial charge on any atom is -0.462 e. The molecule has 19 heteroatoms. The summed E-state index contributed by atoms with van der Waals surface area (Å²) >= 11 is 0. The third kappa shape index (κ3) is 74.3. The second-order valence-electron chi connectivity index (χ2n) is 27.0. The lowest BCUT2D eigenvalue weighted by Crippen LogP contribution is -2.30. The van der Waals surface area contributed by atoms with Crippen LogP contribution in [0.1, 0.15) is 349 Å². The zero-order valence-electron chi connectivity index (χ0n) is 64.5. The van der Waals surface area contributed by atoms with Gasteiger partial charge in [-0.15, -0.1) is 0 Å². The van der Waals surface area contributed by atoms with Gasteiger partial charge in [-0.1, -0.05) is 273 Å². The van der Waals surface area contributed by atoms with Crippen molar-refractivity contribution in [3.8, 4) is 0 Å². The Kier molecular flexibility index (Phi) is 72.3. The SMILES string of the molecule is CCC/C=C\C/C=C\CCCCCCCC(=O)OC(COC(=O)CCCCCCC/C=C\CCCCCCCC)COP(=O)(O)OCC(O)COP(=O)(O)OCC(COC(=O)CCCCCCCC/C=C\C/C=C\C/C=C\CCCCC)OC(=O)CCCCCCC/C=C\C/C=C\CCCCC. The van der Waals surface area contributed by atoms with Gasteiger partial charge in [0.1, 0.15) is 19.3 Å². The van der Waals surface area contributed by atoms with Gasteiger partial charge >= 0.3 is 39.5 Å². The minimum absolute atomic E-state index is 0.0757. The van der Waals surface area contributed by atoms with Crippen LogP contribution in [0.4, 0.5) is 0 Å². The maximum absolute atomic E-state index is 13.1. The molecule has 0 aromatic carbocycles. The summed E-state index contributed by atoms with van der Waals surface area (Å²) in [6, 6.07) is 0. The predicted molar refractivity (Wildman–Crippen MR) is 418 cm³/mol. The molecule has 17 nitrogen and oxygen atoms in total. The molecule has 0 fully saturated rings. The van der Waals surface area contributed by atoms with E-state index in [1.54, 1.807) is 0 Å². The zero-order chi connectivity index (χ0) is 74.6. The maximum atomic E-state index is 13.1. The fourth-order valence-corrected chi connectivity index (χ4v) is 12.3. The van der Waals surface area contributed by atoms with Gasteiger partial charge in [-0.3, -0.25) is 37.3 Å². The van der Waals surface area contributed by atoms with Crippen molar-refractivity contribution in [2.24, 2.45) is 0 Å². The number of aliphatic hydroxyl groups is 1. The number of rotatable bonds is 76. The molecular weight excluding hydrogens is 1330 g/mol. The molecule has 0 aliphatic rings. The molecule has 0 saturated carbocycles. The number of ether oxygens (including phenoxy) is 4. The summed E-state index contributed by atoms with van der Waals surface area (Å²) in [7, 11) is -9.96. The van der Waals surface area contributed by atoms with Gasteiger partial charge in [0, 0.05) is 25.7 Å². The number of carbonyl (C=O) groups is 4. The molecule has 0 saturated heterocycles. The van der Waals surface area contributed by atoms with Crippen LogP contribution in [-0.2, 0) is 65.4 Å². The second kappa shape index (κ2) is 75.2. The first-order chi connectivity index (χ1) is 49.7. The molecule has 5 unspecified atom stereocenters. The van der Waals surface area contributed by atoms with Gasteiger partial charge < -0.3 is 33.8 Å². The highest BCUT2D eigenvalue weighted by molar-refractivity contribution is 7.47. The van der Waals surface area contributed by atoms with Crippen LogP contribution in [0.25, 0.3) is 0 Å². The van der Waals surface area contributed by atoms with Crippen molar-refractivity contribution in [3.05, 3.63) is 97.2 Å². The van der Waals surface area contributed by atoms with E-state index in [0.29, 0.717) is 25.7 Å². The topological polar surface area (TPSA) is 237 Å². The largest absolute Gasteiger partial charge is 0.472 e. The Morgan fingerprint density at radius 2 is 0.500 bits per heavy atom. The third-order valence-corrected chi connectivity index (χ3v) is 18.9. The first-order valence-electron chi connectivity index (χ1n) is 40.5. The maximum Gasteiger partial charge on any atom is 0.472 e. The van der Waals surface area contributed by atoms with E-state index in [0.717, 1.165) is 193 Å². The van der Waals surface area contributed by atoms with Crippen LogP contribution >= 0.6 is 15.6 Å². The van der Waals surface area contributed by atoms with Crippen LogP contribution in [0.3, 0.4) is 0 Å². The average Bonchev–Trinajstić information content (AvgIpc) is 0.944. The molecule has 3 N–H and O–H groups in total. The standard InChI is InChI=1S/C83H146O17P2/c1-5-9-13-17-21-25-29-33-36-37-38-39-42-45-48-52-56-60-64-68-81(86)94-74-79(100-83(88)70-66-62-58-54-50-46-41-35-31-27-23-19-15-11-7-3)76-98-102(91,92)96-72-77(84)71-95-101(89,90)97-75-78(99-82(87)69-65-61-57-53-49-43-32-28-24-20-16-12-8-4)73-93-80(85)67-63-59-55-51-47-44-40-34-30-26-22-18-14-10-6-2/h16,20-21,23,25,27-28,32-36,38-41,77-79,84H,5-15,17-19,22,24,26,29-31,37,42-76H2,1-4H3,(H,89,90)(H,91,92)/b20-16-,25-21-,27-23-,32-28-,36-33-,39-38-,40-34-,41-35-. The number of aliphatic hydroxyl groups excluding tert-OH is 1. The Morgan fingerprint density at radius 1 is 0.275 bits per heavy atom. The van der Waals surface area contributed by atoms with Crippen LogP contribution in [0.15, 0.2) is 97.2 Å². The highest BCUT2D eigenvalue weighted by Crippen LogP contribution is 2.45. The summed E-state index contributed by atoms with van der Waals surface area (Å²) in [6.45, 7) is 4.74. The summed E-state index contributed by atoms with van der Waals surface area (Å²) in [6.07, 6.45) is 79.5. The van der Waals surface area contributed by atoms with Gasteiger partial charge in [0.15, 0.2) is 12.2 Å². The number of esters is 4. The van der Waals surface area contributed by atoms with Crippen molar-refractivity contribution in [1.82, 2.24) is 0 Å². The monoisotopic (exact) mass is 1480 g/mol. The van der Waals surface area contributed by atoms with Gasteiger partial charge in [-0.05, 0) is 148 Å². The van der Waals surface area contributed by atoms with Crippen molar-refractivity contribution in [1.29, 1.82) is 0 Å². The molecule has 0 rings (SSSR count).